The van der Waals surface area contributed by atoms with E-state index in [4.69, 9.17) is 0 Å². The number of hydrogen-bond acceptors (Lipinski definition) is 2. The molecule has 0 aliphatic carbocycles. The summed E-state index contributed by atoms with van der Waals surface area (Å²) in [5, 5.41) is 5.58. The molecule has 0 bridgehead atoms. The summed E-state index contributed by atoms with van der Waals surface area (Å²) in [5.74, 6) is -0.348. The van der Waals surface area contributed by atoms with E-state index < -0.39 is 0 Å². The van der Waals surface area contributed by atoms with Crippen LogP contribution < -0.4 is 10.6 Å². The van der Waals surface area contributed by atoms with Gasteiger partial charge in [0.1, 0.15) is 0 Å². The van der Waals surface area contributed by atoms with Gasteiger partial charge in [-0.25, -0.2) is 0 Å². The number of nitrogens with one attached hydrogen (secondary N) is 2. The first kappa shape index (κ1) is 19.4. The van der Waals surface area contributed by atoms with Crippen molar-refractivity contribution in [3.05, 3.63) is 88.2 Å². The molecule has 3 aromatic rings. The molecule has 0 unspecified atom stereocenters. The quantitative estimate of drug-likeness (QED) is 0.706. The third kappa shape index (κ3) is 3.83. The topological polar surface area (TPSA) is 63.1 Å². The third-order valence-electron chi connectivity index (χ3n) is 5.06. The third-order valence-corrected chi connectivity index (χ3v) is 5.06. The molecule has 0 aliphatic heterocycles. The zero-order valence-electron chi connectivity index (χ0n) is 16.7. The van der Waals surface area contributed by atoms with Gasteiger partial charge < -0.3 is 15.2 Å². The van der Waals surface area contributed by atoms with E-state index in [1.807, 2.05) is 51.1 Å². The molecule has 0 radical (unpaired) electrons. The van der Waals surface area contributed by atoms with Gasteiger partial charge in [0, 0.05) is 36.2 Å². The van der Waals surface area contributed by atoms with Crippen LogP contribution >= 0.6 is 0 Å². The van der Waals surface area contributed by atoms with Crippen LogP contribution in [-0.2, 0) is 6.54 Å². The molecular weight excluding hydrogens is 350 g/mol. The van der Waals surface area contributed by atoms with Crippen LogP contribution in [-0.4, -0.2) is 23.4 Å². The van der Waals surface area contributed by atoms with E-state index >= 15 is 0 Å². The van der Waals surface area contributed by atoms with Gasteiger partial charge in [0.15, 0.2) is 0 Å². The molecule has 5 heteroatoms. The zero-order valence-corrected chi connectivity index (χ0v) is 16.7. The van der Waals surface area contributed by atoms with E-state index in [0.29, 0.717) is 16.8 Å². The summed E-state index contributed by atoms with van der Waals surface area (Å²) in [6.07, 6.45) is 0. The summed E-state index contributed by atoms with van der Waals surface area (Å²) < 4.78 is 2.14. The molecule has 0 aliphatic rings. The molecule has 1 heterocycles. The second-order valence-corrected chi connectivity index (χ2v) is 6.87. The molecule has 5 nitrogen and oxygen atoms in total. The number of aromatic nitrogens is 1. The van der Waals surface area contributed by atoms with Crippen molar-refractivity contribution in [2.45, 2.75) is 27.3 Å². The molecule has 0 fully saturated rings. The Balaban J connectivity index is 1.86. The lowest BCUT2D eigenvalue weighted by Gasteiger charge is -2.12. The van der Waals surface area contributed by atoms with Gasteiger partial charge in [-0.15, -0.1) is 0 Å². The Morgan fingerprint density at radius 3 is 2.29 bits per heavy atom. The van der Waals surface area contributed by atoms with Crippen LogP contribution in [0.1, 0.15) is 43.2 Å². The van der Waals surface area contributed by atoms with E-state index in [-0.39, 0.29) is 11.8 Å². The van der Waals surface area contributed by atoms with Gasteiger partial charge >= 0.3 is 0 Å². The summed E-state index contributed by atoms with van der Waals surface area (Å²) in [7, 11) is 1.59. The minimum absolute atomic E-state index is 0.172. The number of rotatable bonds is 5. The Hall–Kier alpha value is -3.34. The Bertz CT molecular complexity index is 1020. The number of amides is 2. The summed E-state index contributed by atoms with van der Waals surface area (Å²) in [4.78, 5) is 24.9. The number of benzene rings is 2. The first-order valence-corrected chi connectivity index (χ1v) is 9.26. The number of anilines is 1. The van der Waals surface area contributed by atoms with Gasteiger partial charge in [-0.1, -0.05) is 36.4 Å². The van der Waals surface area contributed by atoms with E-state index in [1.165, 1.54) is 5.56 Å². The maximum Gasteiger partial charge on any atom is 0.257 e. The number of carbonyl (C=O) groups is 2. The van der Waals surface area contributed by atoms with Crippen molar-refractivity contribution < 1.29 is 9.59 Å². The van der Waals surface area contributed by atoms with Crippen LogP contribution in [0.2, 0.25) is 0 Å². The van der Waals surface area contributed by atoms with Crippen molar-refractivity contribution in [2.75, 3.05) is 12.4 Å². The second kappa shape index (κ2) is 8.13. The van der Waals surface area contributed by atoms with Gasteiger partial charge in [0.05, 0.1) is 5.56 Å². The normalized spacial score (nSPS) is 10.6. The van der Waals surface area contributed by atoms with Crippen LogP contribution in [0.25, 0.3) is 0 Å². The highest BCUT2D eigenvalue weighted by atomic mass is 16.2. The standard InChI is InChI=1S/C23H25N3O2/c1-15-13-20(17(3)26(15)14-18-9-6-5-7-10-18)23(28)25-21-12-8-11-19(16(21)2)22(27)24-4/h5-13H,14H2,1-4H3,(H,24,27)(H,25,28). The van der Waals surface area contributed by atoms with Crippen molar-refractivity contribution in [1.29, 1.82) is 0 Å². The Kier molecular flexibility index (Phi) is 5.64. The number of carbonyl (C=O) groups excluding carboxylic acids is 2. The van der Waals surface area contributed by atoms with Crippen LogP contribution in [0, 0.1) is 20.8 Å². The molecule has 3 rings (SSSR count). The van der Waals surface area contributed by atoms with E-state index in [1.54, 1.807) is 19.2 Å². The summed E-state index contributed by atoms with van der Waals surface area (Å²) in [6, 6.07) is 17.4. The lowest BCUT2D eigenvalue weighted by atomic mass is 10.1. The van der Waals surface area contributed by atoms with E-state index in [9.17, 15) is 9.59 Å². The number of aryl methyl sites for hydroxylation is 1. The summed E-state index contributed by atoms with van der Waals surface area (Å²) in [5.41, 5.74) is 5.70. The predicted octanol–water partition coefficient (Wildman–Crippen LogP) is 4.07. The van der Waals surface area contributed by atoms with Crippen molar-refractivity contribution in [2.24, 2.45) is 0 Å². The maximum absolute atomic E-state index is 12.9. The van der Waals surface area contributed by atoms with Crippen LogP contribution in [0.15, 0.2) is 54.6 Å². The summed E-state index contributed by atoms with van der Waals surface area (Å²) >= 11 is 0. The molecule has 144 valence electrons. The first-order valence-electron chi connectivity index (χ1n) is 9.26. The lowest BCUT2D eigenvalue weighted by molar-refractivity contribution is 0.0960. The Morgan fingerprint density at radius 1 is 0.893 bits per heavy atom. The Labute approximate surface area is 165 Å². The van der Waals surface area contributed by atoms with Crippen molar-refractivity contribution in [3.8, 4) is 0 Å². The molecule has 0 saturated heterocycles. The fraction of sp³-hybridized carbons (Fsp3) is 0.217. The van der Waals surface area contributed by atoms with E-state index in [2.05, 4.69) is 27.3 Å². The molecular formula is C23H25N3O2. The predicted molar refractivity (Wildman–Crippen MR) is 112 cm³/mol. The van der Waals surface area contributed by atoms with Gasteiger partial charge in [-0.05, 0) is 50.1 Å². The largest absolute Gasteiger partial charge is 0.355 e. The minimum Gasteiger partial charge on any atom is -0.355 e. The molecule has 2 aromatic carbocycles. The SMILES string of the molecule is CNC(=O)c1cccc(NC(=O)c2cc(C)n(Cc3ccccc3)c2C)c1C. The van der Waals surface area contributed by atoms with Crippen LogP contribution in [0.3, 0.4) is 0 Å². The minimum atomic E-state index is -0.176. The zero-order chi connectivity index (χ0) is 20.3. The number of hydrogen-bond donors (Lipinski definition) is 2. The monoisotopic (exact) mass is 375 g/mol. The lowest BCUT2D eigenvalue weighted by Crippen LogP contribution is -2.20. The van der Waals surface area contributed by atoms with Gasteiger partial charge in [-0.2, -0.15) is 0 Å². The first-order chi connectivity index (χ1) is 13.4. The second-order valence-electron chi connectivity index (χ2n) is 6.87. The van der Waals surface area contributed by atoms with Crippen LogP contribution in [0.5, 0.6) is 0 Å². The molecule has 28 heavy (non-hydrogen) atoms. The van der Waals surface area contributed by atoms with Crippen molar-refractivity contribution >= 4 is 17.5 Å². The fourth-order valence-electron chi connectivity index (χ4n) is 3.38. The molecule has 0 spiro atoms. The van der Waals surface area contributed by atoms with Crippen molar-refractivity contribution in [1.82, 2.24) is 9.88 Å². The van der Waals surface area contributed by atoms with Crippen LogP contribution in [0.4, 0.5) is 5.69 Å². The van der Waals surface area contributed by atoms with Gasteiger partial charge in [-0.3, -0.25) is 9.59 Å². The highest BCUT2D eigenvalue weighted by molar-refractivity contribution is 6.07. The van der Waals surface area contributed by atoms with Crippen molar-refractivity contribution in [3.63, 3.8) is 0 Å². The molecule has 2 amide bonds. The highest BCUT2D eigenvalue weighted by Crippen LogP contribution is 2.22. The molecule has 0 atom stereocenters. The Morgan fingerprint density at radius 2 is 1.61 bits per heavy atom. The number of nitrogens with zero attached hydrogens (tertiary/aromatic N) is 1. The average molecular weight is 375 g/mol. The fourth-order valence-corrected chi connectivity index (χ4v) is 3.38. The van der Waals surface area contributed by atoms with E-state index in [0.717, 1.165) is 23.5 Å². The smallest absolute Gasteiger partial charge is 0.257 e. The molecule has 2 N–H and O–H groups in total. The van der Waals surface area contributed by atoms with Gasteiger partial charge in [0.25, 0.3) is 11.8 Å². The maximum atomic E-state index is 12.9. The highest BCUT2D eigenvalue weighted by Gasteiger charge is 2.18. The molecule has 0 saturated carbocycles. The molecule has 1 aromatic heterocycles. The summed E-state index contributed by atoms with van der Waals surface area (Å²) in [6.45, 7) is 6.51. The average Bonchev–Trinajstić information content (AvgIpc) is 2.98. The van der Waals surface area contributed by atoms with Gasteiger partial charge in [0.2, 0.25) is 0 Å².